The van der Waals surface area contributed by atoms with E-state index in [1.54, 1.807) is 13.0 Å². The highest BCUT2D eigenvalue weighted by Crippen LogP contribution is 2.43. The van der Waals surface area contributed by atoms with Crippen LogP contribution in [0.25, 0.3) is 0 Å². The zero-order chi connectivity index (χ0) is 17.2. The van der Waals surface area contributed by atoms with Crippen LogP contribution in [-0.2, 0) is 5.41 Å². The molecule has 1 N–H and O–H groups in total. The van der Waals surface area contributed by atoms with Crippen LogP contribution in [0.5, 0.6) is 0 Å². The number of benzene rings is 2. The number of carbonyl (C=O) groups is 1. The average Bonchev–Trinajstić information content (AvgIpc) is 2.54. The molecule has 5 nitrogen and oxygen atoms in total. The van der Waals surface area contributed by atoms with E-state index >= 15 is 0 Å². The van der Waals surface area contributed by atoms with E-state index in [-0.39, 0.29) is 17.0 Å². The van der Waals surface area contributed by atoms with Gasteiger partial charge in [0.1, 0.15) is 0 Å². The van der Waals surface area contributed by atoms with E-state index < -0.39 is 4.92 Å². The van der Waals surface area contributed by atoms with Crippen LogP contribution in [0.4, 0.5) is 5.69 Å². The molecule has 1 aliphatic rings. The topological polar surface area (TPSA) is 72.2 Å². The van der Waals surface area contributed by atoms with Gasteiger partial charge in [-0.1, -0.05) is 36.8 Å². The maximum absolute atomic E-state index is 12.4. The maximum atomic E-state index is 12.4. The molecule has 1 aliphatic carbocycles. The number of hydrogen-bond acceptors (Lipinski definition) is 3. The number of nitro groups is 1. The number of nitro benzene ring substituents is 1. The van der Waals surface area contributed by atoms with Crippen molar-refractivity contribution >= 4 is 11.6 Å². The van der Waals surface area contributed by atoms with Crippen molar-refractivity contribution < 1.29 is 9.72 Å². The number of aryl methyl sites for hydroxylation is 1. The lowest BCUT2D eigenvalue weighted by molar-refractivity contribution is -0.385. The Hall–Kier alpha value is -2.69. The Morgan fingerprint density at radius 2 is 1.92 bits per heavy atom. The van der Waals surface area contributed by atoms with E-state index in [9.17, 15) is 14.9 Å². The molecular weight excluding hydrogens is 304 g/mol. The molecule has 0 unspecified atom stereocenters. The highest BCUT2D eigenvalue weighted by Gasteiger charge is 2.38. The van der Waals surface area contributed by atoms with Crippen LogP contribution >= 0.6 is 0 Å². The number of carbonyl (C=O) groups excluding carboxylic acids is 1. The standard InChI is InChI=1S/C19H20N2O3/c1-14-12-15(8-9-17(14)21(23)24)18(22)20-13-19(10-5-11-19)16-6-3-2-4-7-16/h2-4,6-9,12H,5,10-11,13H2,1H3,(H,20,22). The van der Waals surface area contributed by atoms with Crippen molar-refractivity contribution in [3.63, 3.8) is 0 Å². The molecule has 0 aromatic heterocycles. The van der Waals surface area contributed by atoms with Gasteiger partial charge in [-0.3, -0.25) is 14.9 Å². The molecule has 0 heterocycles. The van der Waals surface area contributed by atoms with E-state index in [4.69, 9.17) is 0 Å². The molecule has 124 valence electrons. The largest absolute Gasteiger partial charge is 0.351 e. The van der Waals surface area contributed by atoms with Crippen molar-refractivity contribution in [2.24, 2.45) is 0 Å². The number of amides is 1. The van der Waals surface area contributed by atoms with Gasteiger partial charge < -0.3 is 5.32 Å². The van der Waals surface area contributed by atoms with E-state index in [1.165, 1.54) is 24.1 Å². The molecule has 3 rings (SSSR count). The molecule has 24 heavy (non-hydrogen) atoms. The van der Waals surface area contributed by atoms with Crippen LogP contribution in [0, 0.1) is 17.0 Å². The summed E-state index contributed by atoms with van der Waals surface area (Å²) in [6.07, 6.45) is 3.30. The summed E-state index contributed by atoms with van der Waals surface area (Å²) < 4.78 is 0. The van der Waals surface area contributed by atoms with Crippen LogP contribution in [-0.4, -0.2) is 17.4 Å². The van der Waals surface area contributed by atoms with E-state index in [2.05, 4.69) is 17.4 Å². The van der Waals surface area contributed by atoms with Crippen molar-refractivity contribution in [1.82, 2.24) is 5.32 Å². The SMILES string of the molecule is Cc1cc(C(=O)NCC2(c3ccccc3)CCC2)ccc1[N+](=O)[O-]. The van der Waals surface area contributed by atoms with E-state index in [0.717, 1.165) is 12.8 Å². The first-order chi connectivity index (χ1) is 11.5. The molecule has 0 bridgehead atoms. The van der Waals surface area contributed by atoms with Gasteiger partial charge in [0.2, 0.25) is 0 Å². The van der Waals surface area contributed by atoms with Gasteiger partial charge in [0.15, 0.2) is 0 Å². The summed E-state index contributed by atoms with van der Waals surface area (Å²) >= 11 is 0. The average molecular weight is 324 g/mol. The van der Waals surface area contributed by atoms with Crippen molar-refractivity contribution in [2.75, 3.05) is 6.54 Å². The fraction of sp³-hybridized carbons (Fsp3) is 0.316. The maximum Gasteiger partial charge on any atom is 0.272 e. The van der Waals surface area contributed by atoms with Gasteiger partial charge in [0, 0.05) is 29.2 Å². The van der Waals surface area contributed by atoms with E-state index in [1.807, 2.05) is 18.2 Å². The first kappa shape index (κ1) is 16.2. The minimum Gasteiger partial charge on any atom is -0.351 e. The van der Waals surface area contributed by atoms with Gasteiger partial charge in [-0.05, 0) is 37.5 Å². The molecule has 1 saturated carbocycles. The second-order valence-corrected chi connectivity index (χ2v) is 6.44. The van der Waals surface area contributed by atoms with Gasteiger partial charge in [-0.15, -0.1) is 0 Å². The third-order valence-corrected chi connectivity index (χ3v) is 4.94. The first-order valence-electron chi connectivity index (χ1n) is 8.11. The third-order valence-electron chi connectivity index (χ3n) is 4.94. The van der Waals surface area contributed by atoms with Gasteiger partial charge in [-0.2, -0.15) is 0 Å². The van der Waals surface area contributed by atoms with Crippen molar-refractivity contribution in [2.45, 2.75) is 31.6 Å². The number of rotatable bonds is 5. The van der Waals surface area contributed by atoms with Crippen LogP contribution in [0.3, 0.4) is 0 Å². The molecule has 0 saturated heterocycles. The first-order valence-corrected chi connectivity index (χ1v) is 8.11. The van der Waals surface area contributed by atoms with Crippen LogP contribution in [0.2, 0.25) is 0 Å². The van der Waals surface area contributed by atoms with Gasteiger partial charge >= 0.3 is 0 Å². The Bertz CT molecular complexity index is 767. The summed E-state index contributed by atoms with van der Waals surface area (Å²) in [7, 11) is 0. The quantitative estimate of drug-likeness (QED) is 0.672. The van der Waals surface area contributed by atoms with Gasteiger partial charge in [-0.25, -0.2) is 0 Å². The van der Waals surface area contributed by atoms with E-state index in [0.29, 0.717) is 17.7 Å². The second kappa shape index (κ2) is 6.43. The lowest BCUT2D eigenvalue weighted by Crippen LogP contribution is -2.45. The molecule has 2 aromatic carbocycles. The smallest absolute Gasteiger partial charge is 0.272 e. The summed E-state index contributed by atoms with van der Waals surface area (Å²) in [6, 6.07) is 14.7. The normalized spacial score (nSPS) is 15.4. The Kier molecular flexibility index (Phi) is 4.34. The summed E-state index contributed by atoms with van der Waals surface area (Å²) in [5, 5.41) is 13.9. The van der Waals surface area contributed by atoms with Crippen molar-refractivity contribution in [3.8, 4) is 0 Å². The zero-order valence-electron chi connectivity index (χ0n) is 13.6. The van der Waals surface area contributed by atoms with Crippen molar-refractivity contribution in [3.05, 3.63) is 75.3 Å². The molecule has 0 radical (unpaired) electrons. The summed E-state index contributed by atoms with van der Waals surface area (Å²) in [4.78, 5) is 22.8. The Morgan fingerprint density at radius 1 is 1.21 bits per heavy atom. The fourth-order valence-electron chi connectivity index (χ4n) is 3.32. The fourth-order valence-corrected chi connectivity index (χ4v) is 3.32. The monoisotopic (exact) mass is 324 g/mol. The minimum absolute atomic E-state index is 0.0206. The summed E-state index contributed by atoms with van der Waals surface area (Å²) in [6.45, 7) is 2.23. The van der Waals surface area contributed by atoms with Crippen molar-refractivity contribution in [1.29, 1.82) is 0 Å². The third kappa shape index (κ3) is 3.02. The Labute approximate surface area is 140 Å². The van der Waals surface area contributed by atoms with Gasteiger partial charge in [0.05, 0.1) is 4.92 Å². The lowest BCUT2D eigenvalue weighted by Gasteiger charge is -2.42. The predicted molar refractivity (Wildman–Crippen MR) is 92.1 cm³/mol. The van der Waals surface area contributed by atoms with Crippen LogP contribution in [0.15, 0.2) is 48.5 Å². The number of nitrogens with zero attached hydrogens (tertiary/aromatic N) is 1. The molecule has 0 spiro atoms. The molecule has 0 atom stereocenters. The number of hydrogen-bond donors (Lipinski definition) is 1. The molecule has 2 aromatic rings. The Balaban J connectivity index is 1.71. The zero-order valence-corrected chi connectivity index (χ0v) is 13.6. The molecule has 1 amide bonds. The van der Waals surface area contributed by atoms with Crippen LogP contribution in [0.1, 0.15) is 40.7 Å². The molecule has 0 aliphatic heterocycles. The summed E-state index contributed by atoms with van der Waals surface area (Å²) in [5.74, 6) is -0.185. The van der Waals surface area contributed by atoms with Crippen LogP contribution < -0.4 is 5.32 Å². The number of nitrogens with one attached hydrogen (secondary N) is 1. The highest BCUT2D eigenvalue weighted by atomic mass is 16.6. The Morgan fingerprint density at radius 3 is 2.46 bits per heavy atom. The highest BCUT2D eigenvalue weighted by molar-refractivity contribution is 5.94. The van der Waals surface area contributed by atoms with Gasteiger partial charge in [0.25, 0.3) is 11.6 Å². The lowest BCUT2D eigenvalue weighted by atomic mass is 9.64. The minimum atomic E-state index is -0.435. The molecule has 1 fully saturated rings. The second-order valence-electron chi connectivity index (χ2n) is 6.44. The molecule has 5 heteroatoms. The predicted octanol–water partition coefficient (Wildman–Crippen LogP) is 3.75. The summed E-state index contributed by atoms with van der Waals surface area (Å²) in [5.41, 5.74) is 2.27. The molecular formula is C19H20N2O3.